The second-order valence-corrected chi connectivity index (χ2v) is 8.01. The van der Waals surface area contributed by atoms with Gasteiger partial charge in [0.1, 0.15) is 4.88 Å². The number of carbonyl (C=O) groups excluding carboxylic acids is 1. The van der Waals surface area contributed by atoms with Gasteiger partial charge in [-0.3, -0.25) is 9.59 Å². The van der Waals surface area contributed by atoms with Gasteiger partial charge in [0.2, 0.25) is 0 Å². The van der Waals surface area contributed by atoms with E-state index in [1.807, 2.05) is 35.2 Å². The second-order valence-electron chi connectivity index (χ2n) is 6.22. The van der Waals surface area contributed by atoms with Crippen molar-refractivity contribution in [3.8, 4) is 11.3 Å². The lowest BCUT2D eigenvalue weighted by Gasteiger charge is -2.21. The van der Waals surface area contributed by atoms with E-state index in [1.54, 1.807) is 18.2 Å². The van der Waals surface area contributed by atoms with Crippen LogP contribution in [-0.4, -0.2) is 28.5 Å². The van der Waals surface area contributed by atoms with Crippen LogP contribution >= 0.6 is 34.5 Å². The number of aliphatic carboxylic acids is 1. The summed E-state index contributed by atoms with van der Waals surface area (Å²) in [6.45, 7) is 0.678. The van der Waals surface area contributed by atoms with Gasteiger partial charge in [-0.25, -0.2) is 4.98 Å². The Morgan fingerprint density at radius 1 is 1.10 bits per heavy atom. The molecule has 3 aromatic rings. The van der Waals surface area contributed by atoms with Crippen molar-refractivity contribution in [2.24, 2.45) is 5.73 Å². The monoisotopic (exact) mass is 449 g/mol. The van der Waals surface area contributed by atoms with E-state index in [2.05, 4.69) is 4.98 Å². The summed E-state index contributed by atoms with van der Waals surface area (Å²) in [5.74, 6) is -1.54. The molecule has 0 aliphatic rings. The third-order valence-electron chi connectivity index (χ3n) is 4.12. The summed E-state index contributed by atoms with van der Waals surface area (Å²) in [5.41, 5.74) is 7.56. The van der Waals surface area contributed by atoms with Crippen LogP contribution in [0.1, 0.15) is 21.7 Å². The normalized spacial score (nSPS) is 10.7. The number of anilines is 1. The molecule has 0 saturated heterocycles. The highest BCUT2D eigenvalue weighted by Gasteiger charge is 2.22. The maximum absolute atomic E-state index is 12.0. The molecule has 0 unspecified atom stereocenters. The first-order chi connectivity index (χ1) is 13.8. The molecule has 3 N–H and O–H groups in total. The van der Waals surface area contributed by atoms with Gasteiger partial charge in [0.05, 0.1) is 22.2 Å². The van der Waals surface area contributed by atoms with Crippen molar-refractivity contribution in [2.45, 2.75) is 13.0 Å². The minimum Gasteiger partial charge on any atom is -0.481 e. The van der Waals surface area contributed by atoms with Crippen LogP contribution in [0.4, 0.5) is 5.13 Å². The largest absolute Gasteiger partial charge is 0.481 e. The molecule has 0 spiro atoms. The number of carbonyl (C=O) groups is 2. The molecule has 1 heterocycles. The summed E-state index contributed by atoms with van der Waals surface area (Å²) in [5, 5.41) is 10.3. The minimum absolute atomic E-state index is 0.0690. The second kappa shape index (κ2) is 9.26. The molecule has 1 aromatic heterocycles. The fourth-order valence-electron chi connectivity index (χ4n) is 2.73. The number of thiazole rings is 1. The Kier molecular flexibility index (Phi) is 6.74. The molecule has 29 heavy (non-hydrogen) atoms. The number of hydrogen-bond donors (Lipinski definition) is 2. The smallest absolute Gasteiger partial charge is 0.305 e. The van der Waals surface area contributed by atoms with Crippen LogP contribution < -0.4 is 10.6 Å². The highest BCUT2D eigenvalue weighted by molar-refractivity contribution is 7.18. The molecule has 0 fully saturated rings. The first-order valence-corrected chi connectivity index (χ1v) is 10.2. The van der Waals surface area contributed by atoms with Gasteiger partial charge in [-0.05, 0) is 17.7 Å². The molecular weight excluding hydrogens is 433 g/mol. The third-order valence-corrected chi connectivity index (χ3v) is 5.98. The highest BCUT2D eigenvalue weighted by Crippen LogP contribution is 2.36. The Bertz CT molecular complexity index is 1040. The number of benzene rings is 2. The zero-order valence-corrected chi connectivity index (χ0v) is 17.5. The quantitative estimate of drug-likeness (QED) is 0.519. The molecule has 3 rings (SSSR count). The van der Waals surface area contributed by atoms with Gasteiger partial charge in [0.15, 0.2) is 5.13 Å². The van der Waals surface area contributed by atoms with E-state index in [0.717, 1.165) is 16.9 Å². The summed E-state index contributed by atoms with van der Waals surface area (Å²) in [6, 6.07) is 14.5. The van der Waals surface area contributed by atoms with Crippen molar-refractivity contribution >= 4 is 51.5 Å². The van der Waals surface area contributed by atoms with E-state index in [-0.39, 0.29) is 17.8 Å². The van der Waals surface area contributed by atoms with Gasteiger partial charge in [0.25, 0.3) is 5.91 Å². The molecule has 0 atom stereocenters. The Morgan fingerprint density at radius 3 is 2.45 bits per heavy atom. The lowest BCUT2D eigenvalue weighted by Crippen LogP contribution is -2.25. The van der Waals surface area contributed by atoms with Crippen molar-refractivity contribution < 1.29 is 14.7 Å². The van der Waals surface area contributed by atoms with Crippen LogP contribution in [0.2, 0.25) is 10.0 Å². The Balaban J connectivity index is 2.01. The van der Waals surface area contributed by atoms with Gasteiger partial charge in [-0.2, -0.15) is 0 Å². The van der Waals surface area contributed by atoms with Crippen molar-refractivity contribution in [1.29, 1.82) is 0 Å². The number of amides is 1. The predicted molar refractivity (Wildman–Crippen MR) is 116 cm³/mol. The molecule has 6 nitrogen and oxygen atoms in total. The van der Waals surface area contributed by atoms with Crippen LogP contribution in [0, 0.1) is 0 Å². The van der Waals surface area contributed by atoms with Crippen LogP contribution in [0.3, 0.4) is 0 Å². The van der Waals surface area contributed by atoms with Gasteiger partial charge in [0, 0.05) is 18.7 Å². The number of carboxylic acid groups (broad SMARTS) is 1. The topological polar surface area (TPSA) is 96.5 Å². The summed E-state index contributed by atoms with van der Waals surface area (Å²) in [6.07, 6.45) is -0.0690. The van der Waals surface area contributed by atoms with Crippen molar-refractivity contribution in [3.05, 3.63) is 69.0 Å². The fourth-order valence-corrected chi connectivity index (χ4v) is 3.99. The highest BCUT2D eigenvalue weighted by atomic mass is 35.5. The van der Waals surface area contributed by atoms with Crippen molar-refractivity contribution in [1.82, 2.24) is 4.98 Å². The number of carboxylic acids is 1. The fraction of sp³-hybridized carbons (Fsp3) is 0.150. The van der Waals surface area contributed by atoms with E-state index < -0.39 is 11.9 Å². The van der Waals surface area contributed by atoms with E-state index in [0.29, 0.717) is 33.0 Å². The van der Waals surface area contributed by atoms with Crippen LogP contribution in [0.5, 0.6) is 0 Å². The van der Waals surface area contributed by atoms with Gasteiger partial charge < -0.3 is 15.7 Å². The van der Waals surface area contributed by atoms with E-state index in [9.17, 15) is 9.59 Å². The predicted octanol–water partition coefficient (Wildman–Crippen LogP) is 4.70. The van der Waals surface area contributed by atoms with E-state index in [1.165, 1.54) is 0 Å². The van der Waals surface area contributed by atoms with Crippen LogP contribution in [-0.2, 0) is 11.3 Å². The maximum atomic E-state index is 12.0. The number of halogens is 2. The Hall–Kier alpha value is -2.61. The summed E-state index contributed by atoms with van der Waals surface area (Å²) in [4.78, 5) is 29.8. The molecule has 0 radical (unpaired) electrons. The first-order valence-electron chi connectivity index (χ1n) is 8.62. The van der Waals surface area contributed by atoms with Gasteiger partial charge >= 0.3 is 5.97 Å². The molecule has 0 saturated carbocycles. The molecule has 150 valence electrons. The third kappa shape index (κ3) is 5.26. The number of nitrogens with two attached hydrogens (primary N) is 1. The van der Waals surface area contributed by atoms with Crippen LogP contribution in [0.15, 0.2) is 48.5 Å². The molecule has 0 bridgehead atoms. The summed E-state index contributed by atoms with van der Waals surface area (Å²) in [7, 11) is 0. The first kappa shape index (κ1) is 21.1. The summed E-state index contributed by atoms with van der Waals surface area (Å²) >= 11 is 13.2. The Labute approximate surface area is 181 Å². The van der Waals surface area contributed by atoms with E-state index in [4.69, 9.17) is 34.0 Å². The van der Waals surface area contributed by atoms with Gasteiger partial charge in [-0.15, -0.1) is 0 Å². The molecule has 0 aliphatic carbocycles. The lowest BCUT2D eigenvalue weighted by molar-refractivity contribution is -0.136. The average molecular weight is 450 g/mol. The molecule has 0 aliphatic heterocycles. The maximum Gasteiger partial charge on any atom is 0.305 e. The Morgan fingerprint density at radius 2 is 1.83 bits per heavy atom. The standard InChI is InChI=1S/C20H17Cl2N3O3S/c21-14-7-6-13(10-15(14)22)17-18(19(23)28)29-20(24-17)25(9-8-16(26)27)11-12-4-2-1-3-5-12/h1-7,10H,8-9,11H2,(H2,23,28)(H,26,27). The number of aromatic nitrogens is 1. The summed E-state index contributed by atoms with van der Waals surface area (Å²) < 4.78 is 0. The molecule has 2 aromatic carbocycles. The zero-order chi connectivity index (χ0) is 21.0. The average Bonchev–Trinajstić information content (AvgIpc) is 3.13. The van der Waals surface area contributed by atoms with Gasteiger partial charge in [-0.1, -0.05) is 70.9 Å². The molecule has 1 amide bonds. The SMILES string of the molecule is NC(=O)c1sc(N(CCC(=O)O)Cc2ccccc2)nc1-c1ccc(Cl)c(Cl)c1. The molecule has 9 heteroatoms. The number of primary amides is 1. The van der Waals surface area contributed by atoms with Crippen LogP contribution in [0.25, 0.3) is 11.3 Å². The molecular formula is C20H17Cl2N3O3S. The van der Waals surface area contributed by atoms with E-state index >= 15 is 0 Å². The van der Waals surface area contributed by atoms with Crippen molar-refractivity contribution in [3.63, 3.8) is 0 Å². The lowest BCUT2D eigenvalue weighted by atomic mass is 10.1. The number of nitrogens with zero attached hydrogens (tertiary/aromatic N) is 2. The zero-order valence-electron chi connectivity index (χ0n) is 15.1. The van der Waals surface area contributed by atoms with Crippen molar-refractivity contribution in [2.75, 3.05) is 11.4 Å². The minimum atomic E-state index is -0.917. The number of rotatable bonds is 8. The number of hydrogen-bond acceptors (Lipinski definition) is 5.